The summed E-state index contributed by atoms with van der Waals surface area (Å²) in [5, 5.41) is 0. The minimum absolute atomic E-state index is 0.279. The molecule has 2 bridgehead atoms. The average molecular weight is 248 g/mol. The smallest absolute Gasteiger partial charge is 0.356 e. The van der Waals surface area contributed by atoms with E-state index in [2.05, 4.69) is 4.98 Å². The lowest BCUT2D eigenvalue weighted by Gasteiger charge is -2.23. The highest BCUT2D eigenvalue weighted by molar-refractivity contribution is 5.87. The normalized spacial score (nSPS) is 29.8. The number of hydrogen-bond acceptors (Lipinski definition) is 3. The average Bonchev–Trinajstić information content (AvgIpc) is 3.06. The molecule has 2 fully saturated rings. The molecule has 4 heteroatoms. The van der Waals surface area contributed by atoms with Crippen molar-refractivity contribution in [2.75, 3.05) is 7.11 Å². The fourth-order valence-corrected chi connectivity index (χ4v) is 3.80. The van der Waals surface area contributed by atoms with E-state index in [1.807, 2.05) is 11.5 Å². The van der Waals surface area contributed by atoms with Crippen molar-refractivity contribution < 1.29 is 9.53 Å². The van der Waals surface area contributed by atoms with Crippen LogP contribution in [-0.4, -0.2) is 22.6 Å². The number of esters is 1. The van der Waals surface area contributed by atoms with Gasteiger partial charge in [-0.25, -0.2) is 9.78 Å². The number of carbonyl (C=O) groups is 1. The Morgan fingerprint density at radius 1 is 1.50 bits per heavy atom. The number of carbonyl (C=O) groups excluding carboxylic acids is 1. The quantitative estimate of drug-likeness (QED) is 0.772. The molecule has 0 spiro atoms. The predicted molar refractivity (Wildman–Crippen MR) is 67.2 cm³/mol. The molecule has 0 radical (unpaired) electrons. The number of methoxy groups -OCH3 is 1. The van der Waals surface area contributed by atoms with Crippen LogP contribution in [0.1, 0.15) is 42.0 Å². The van der Waals surface area contributed by atoms with Crippen molar-refractivity contribution in [3.63, 3.8) is 0 Å². The van der Waals surface area contributed by atoms with E-state index in [4.69, 9.17) is 4.74 Å². The van der Waals surface area contributed by atoms with Crippen LogP contribution in [-0.2, 0) is 11.3 Å². The van der Waals surface area contributed by atoms with Crippen LogP contribution >= 0.6 is 0 Å². The van der Waals surface area contributed by atoms with Gasteiger partial charge in [0.15, 0.2) is 0 Å². The molecule has 3 unspecified atom stereocenters. The van der Waals surface area contributed by atoms with Crippen LogP contribution < -0.4 is 0 Å². The van der Waals surface area contributed by atoms with E-state index in [-0.39, 0.29) is 5.97 Å². The second-order valence-corrected chi connectivity index (χ2v) is 5.73. The summed E-state index contributed by atoms with van der Waals surface area (Å²) < 4.78 is 6.86. The maximum atomic E-state index is 11.7. The Morgan fingerprint density at radius 2 is 2.33 bits per heavy atom. The van der Waals surface area contributed by atoms with Gasteiger partial charge in [0.05, 0.1) is 13.3 Å². The lowest BCUT2D eigenvalue weighted by atomic mass is 9.89. The van der Waals surface area contributed by atoms with Gasteiger partial charge in [-0.1, -0.05) is 6.42 Å². The highest BCUT2D eigenvalue weighted by Gasteiger charge is 2.39. The zero-order valence-corrected chi connectivity index (χ0v) is 11.1. The molecule has 0 aliphatic heterocycles. The second kappa shape index (κ2) is 4.41. The molecular formula is C14H20N2O2. The van der Waals surface area contributed by atoms with Gasteiger partial charge in [-0.2, -0.15) is 0 Å². The largest absolute Gasteiger partial charge is 0.464 e. The van der Waals surface area contributed by atoms with Crippen molar-refractivity contribution in [2.45, 2.75) is 39.2 Å². The van der Waals surface area contributed by atoms with E-state index < -0.39 is 0 Å². The summed E-state index contributed by atoms with van der Waals surface area (Å²) in [6.45, 7) is 2.89. The minimum Gasteiger partial charge on any atom is -0.464 e. The van der Waals surface area contributed by atoms with Crippen molar-refractivity contribution in [1.82, 2.24) is 9.55 Å². The molecule has 3 atom stereocenters. The highest BCUT2D eigenvalue weighted by atomic mass is 16.5. The summed E-state index contributed by atoms with van der Waals surface area (Å²) in [5.41, 5.74) is 0.595. The first-order valence-corrected chi connectivity index (χ1v) is 6.79. The Kier molecular flexibility index (Phi) is 2.88. The number of aryl methyl sites for hydroxylation is 1. The Morgan fingerprint density at radius 3 is 2.94 bits per heavy atom. The monoisotopic (exact) mass is 248 g/mol. The summed E-state index contributed by atoms with van der Waals surface area (Å²) in [5.74, 6) is 3.16. The fraction of sp³-hybridized carbons (Fsp3) is 0.714. The number of aromatic nitrogens is 2. The molecule has 98 valence electrons. The van der Waals surface area contributed by atoms with E-state index in [1.165, 1.54) is 32.8 Å². The summed E-state index contributed by atoms with van der Waals surface area (Å²) >= 11 is 0. The van der Waals surface area contributed by atoms with Gasteiger partial charge in [-0.05, 0) is 43.9 Å². The molecule has 1 aromatic heterocycles. The van der Waals surface area contributed by atoms with Gasteiger partial charge in [0, 0.05) is 6.54 Å². The van der Waals surface area contributed by atoms with Crippen LogP contribution in [0.15, 0.2) is 6.20 Å². The third kappa shape index (κ3) is 1.84. The third-order valence-electron chi connectivity index (χ3n) is 4.75. The molecule has 4 nitrogen and oxygen atoms in total. The van der Waals surface area contributed by atoms with Gasteiger partial charge in [-0.3, -0.25) is 0 Å². The van der Waals surface area contributed by atoms with E-state index in [0.717, 1.165) is 30.1 Å². The SMILES string of the molecule is COC(=O)c1cnc(C)n1CC1CC2CCC1C2. The number of nitrogens with zero attached hydrogens (tertiary/aromatic N) is 2. The van der Waals surface area contributed by atoms with Crippen LogP contribution in [0.25, 0.3) is 0 Å². The van der Waals surface area contributed by atoms with Gasteiger partial charge in [-0.15, -0.1) is 0 Å². The zero-order valence-electron chi connectivity index (χ0n) is 11.1. The number of imidazole rings is 1. The molecule has 2 saturated carbocycles. The summed E-state index contributed by atoms with van der Waals surface area (Å²) in [6.07, 6.45) is 7.13. The van der Waals surface area contributed by atoms with Crippen LogP contribution in [0.5, 0.6) is 0 Å². The Bertz CT molecular complexity index is 466. The van der Waals surface area contributed by atoms with Crippen LogP contribution in [0.3, 0.4) is 0 Å². The van der Waals surface area contributed by atoms with Crippen LogP contribution in [0.4, 0.5) is 0 Å². The van der Waals surface area contributed by atoms with Crippen molar-refractivity contribution in [3.8, 4) is 0 Å². The molecule has 18 heavy (non-hydrogen) atoms. The lowest BCUT2D eigenvalue weighted by Crippen LogP contribution is -2.21. The molecule has 2 aliphatic rings. The number of fused-ring (bicyclic) bond motifs is 2. The molecule has 1 aromatic rings. The Hall–Kier alpha value is -1.32. The zero-order chi connectivity index (χ0) is 12.7. The lowest BCUT2D eigenvalue weighted by molar-refractivity contribution is 0.0586. The molecule has 3 rings (SSSR count). The summed E-state index contributed by atoms with van der Waals surface area (Å²) in [6, 6.07) is 0. The molecule has 0 N–H and O–H groups in total. The van der Waals surface area contributed by atoms with Crippen molar-refractivity contribution in [1.29, 1.82) is 0 Å². The Labute approximate surface area is 107 Å². The van der Waals surface area contributed by atoms with Crippen molar-refractivity contribution >= 4 is 5.97 Å². The first-order chi connectivity index (χ1) is 8.69. The topological polar surface area (TPSA) is 44.1 Å². The van der Waals surface area contributed by atoms with Crippen molar-refractivity contribution in [2.24, 2.45) is 17.8 Å². The number of rotatable bonds is 3. The van der Waals surface area contributed by atoms with Crippen LogP contribution in [0.2, 0.25) is 0 Å². The van der Waals surface area contributed by atoms with Gasteiger partial charge in [0.25, 0.3) is 0 Å². The second-order valence-electron chi connectivity index (χ2n) is 5.73. The molecule has 0 aromatic carbocycles. The van der Waals surface area contributed by atoms with E-state index in [0.29, 0.717) is 5.69 Å². The van der Waals surface area contributed by atoms with Gasteiger partial charge in [0.2, 0.25) is 0 Å². The summed E-state index contributed by atoms with van der Waals surface area (Å²) in [7, 11) is 1.42. The summed E-state index contributed by atoms with van der Waals surface area (Å²) in [4.78, 5) is 16.0. The Balaban J connectivity index is 1.80. The van der Waals surface area contributed by atoms with Gasteiger partial charge in [0.1, 0.15) is 11.5 Å². The predicted octanol–water partition coefficient (Wildman–Crippen LogP) is 2.41. The van der Waals surface area contributed by atoms with E-state index >= 15 is 0 Å². The molecule has 1 heterocycles. The highest BCUT2D eigenvalue weighted by Crippen LogP contribution is 2.48. The number of ether oxygens (including phenoxy) is 1. The van der Waals surface area contributed by atoms with E-state index in [1.54, 1.807) is 6.20 Å². The number of hydrogen-bond donors (Lipinski definition) is 0. The first kappa shape index (κ1) is 11.8. The van der Waals surface area contributed by atoms with Crippen molar-refractivity contribution in [3.05, 3.63) is 17.7 Å². The van der Waals surface area contributed by atoms with Gasteiger partial charge < -0.3 is 9.30 Å². The third-order valence-corrected chi connectivity index (χ3v) is 4.75. The maximum Gasteiger partial charge on any atom is 0.356 e. The molecule has 0 amide bonds. The van der Waals surface area contributed by atoms with Gasteiger partial charge >= 0.3 is 5.97 Å². The molecular weight excluding hydrogens is 228 g/mol. The fourth-order valence-electron chi connectivity index (χ4n) is 3.80. The first-order valence-electron chi connectivity index (χ1n) is 6.79. The minimum atomic E-state index is -0.279. The standard InChI is InChI=1S/C14H20N2O2/c1-9-15-7-13(14(17)18-2)16(9)8-12-6-10-3-4-11(12)5-10/h7,10-12H,3-6,8H2,1-2H3. The van der Waals surface area contributed by atoms with Crippen LogP contribution in [0, 0.1) is 24.7 Å². The van der Waals surface area contributed by atoms with E-state index in [9.17, 15) is 4.79 Å². The maximum absolute atomic E-state index is 11.7. The molecule has 2 aliphatic carbocycles. The molecule has 0 saturated heterocycles.